The molecule has 0 spiro atoms. The number of morpholine rings is 1. The fourth-order valence-electron chi connectivity index (χ4n) is 3.10. The van der Waals surface area contributed by atoms with Gasteiger partial charge in [-0.3, -0.25) is 14.5 Å². The van der Waals surface area contributed by atoms with Crippen molar-refractivity contribution in [2.75, 3.05) is 57.9 Å². The van der Waals surface area contributed by atoms with Crippen LogP contribution in [-0.4, -0.2) is 79.1 Å². The van der Waals surface area contributed by atoms with E-state index in [0.29, 0.717) is 17.4 Å². The number of ether oxygens (including phenoxy) is 2. The highest BCUT2D eigenvalue weighted by Gasteiger charge is 2.19. The Balaban J connectivity index is 1.53. The van der Waals surface area contributed by atoms with Gasteiger partial charge < -0.3 is 19.7 Å². The maximum atomic E-state index is 12.8. The quantitative estimate of drug-likeness (QED) is 0.618. The van der Waals surface area contributed by atoms with Crippen LogP contribution < -0.4 is 10.1 Å². The van der Waals surface area contributed by atoms with Gasteiger partial charge in [0.25, 0.3) is 5.91 Å². The number of aryl methyl sites for hydroxylation is 1. The van der Waals surface area contributed by atoms with Gasteiger partial charge >= 0.3 is 0 Å². The Morgan fingerprint density at radius 3 is 2.73 bits per heavy atom. The molecule has 1 aliphatic heterocycles. The van der Waals surface area contributed by atoms with Crippen LogP contribution in [-0.2, 0) is 14.3 Å². The number of rotatable bonds is 10. The lowest BCUT2D eigenvalue weighted by Gasteiger charge is -2.28. The van der Waals surface area contributed by atoms with Crippen molar-refractivity contribution in [3.8, 4) is 5.75 Å². The van der Waals surface area contributed by atoms with Crippen molar-refractivity contribution in [2.45, 2.75) is 13.3 Å². The van der Waals surface area contributed by atoms with Gasteiger partial charge in [0.15, 0.2) is 11.7 Å². The molecule has 1 aromatic heterocycles. The van der Waals surface area contributed by atoms with E-state index in [1.165, 1.54) is 11.3 Å². The Morgan fingerprint density at radius 1 is 1.27 bits per heavy atom. The SMILES string of the molecule is Cc1cnc(NC(=O)CN(CCCN2CCOCC2)C(=O)COc2ccccc2)s1. The first-order chi connectivity index (χ1) is 14.6. The highest BCUT2D eigenvalue weighted by atomic mass is 32.1. The predicted octanol–water partition coefficient (Wildman–Crippen LogP) is 2.02. The minimum Gasteiger partial charge on any atom is -0.484 e. The van der Waals surface area contributed by atoms with E-state index in [1.807, 2.05) is 25.1 Å². The topological polar surface area (TPSA) is 84.0 Å². The molecule has 2 aromatic rings. The number of para-hydroxylation sites is 1. The lowest BCUT2D eigenvalue weighted by Crippen LogP contribution is -2.43. The lowest BCUT2D eigenvalue weighted by molar-refractivity contribution is -0.136. The van der Waals surface area contributed by atoms with Crippen molar-refractivity contribution in [3.05, 3.63) is 41.4 Å². The summed E-state index contributed by atoms with van der Waals surface area (Å²) in [4.78, 5) is 34.3. The molecular formula is C21H28N4O4S. The average molecular weight is 433 g/mol. The standard InChI is InChI=1S/C21H28N4O4S/c1-17-14-22-21(30-17)23-19(26)15-25(9-5-8-24-10-12-28-13-11-24)20(27)16-29-18-6-3-2-4-7-18/h2-4,6-7,14H,5,8-13,15-16H2,1H3,(H,22,23,26). The van der Waals surface area contributed by atoms with E-state index in [2.05, 4.69) is 15.2 Å². The van der Waals surface area contributed by atoms with Crippen LogP contribution in [0.4, 0.5) is 5.13 Å². The Morgan fingerprint density at radius 2 is 2.03 bits per heavy atom. The summed E-state index contributed by atoms with van der Waals surface area (Å²) in [7, 11) is 0. The maximum Gasteiger partial charge on any atom is 0.260 e. The van der Waals surface area contributed by atoms with Crippen LogP contribution in [0.1, 0.15) is 11.3 Å². The molecule has 0 aliphatic carbocycles. The summed E-state index contributed by atoms with van der Waals surface area (Å²) in [5.41, 5.74) is 0. The first-order valence-electron chi connectivity index (χ1n) is 10.1. The van der Waals surface area contributed by atoms with Gasteiger partial charge in [-0.15, -0.1) is 11.3 Å². The summed E-state index contributed by atoms with van der Waals surface area (Å²) in [6.07, 6.45) is 2.49. The van der Waals surface area contributed by atoms with E-state index in [9.17, 15) is 9.59 Å². The zero-order chi connectivity index (χ0) is 21.2. The Bertz CT molecular complexity index is 808. The smallest absolute Gasteiger partial charge is 0.260 e. The summed E-state index contributed by atoms with van der Waals surface area (Å²) in [6.45, 7) is 6.41. The van der Waals surface area contributed by atoms with Crippen molar-refractivity contribution in [1.29, 1.82) is 0 Å². The van der Waals surface area contributed by atoms with E-state index in [0.717, 1.165) is 44.1 Å². The molecule has 0 unspecified atom stereocenters. The molecule has 1 aliphatic rings. The number of nitrogens with one attached hydrogen (secondary N) is 1. The van der Waals surface area contributed by atoms with E-state index in [1.54, 1.807) is 23.2 Å². The van der Waals surface area contributed by atoms with Gasteiger partial charge in [0.1, 0.15) is 12.3 Å². The summed E-state index contributed by atoms with van der Waals surface area (Å²) >= 11 is 1.41. The van der Waals surface area contributed by atoms with Crippen molar-refractivity contribution in [2.24, 2.45) is 0 Å². The number of benzene rings is 1. The zero-order valence-electron chi connectivity index (χ0n) is 17.2. The van der Waals surface area contributed by atoms with Gasteiger partial charge in [-0.25, -0.2) is 4.98 Å². The van der Waals surface area contributed by atoms with Gasteiger partial charge in [0, 0.05) is 37.3 Å². The molecule has 0 bridgehead atoms. The lowest BCUT2D eigenvalue weighted by atomic mass is 10.3. The fraction of sp³-hybridized carbons (Fsp3) is 0.476. The normalized spacial score (nSPS) is 14.3. The summed E-state index contributed by atoms with van der Waals surface area (Å²) in [5.74, 6) is 0.150. The number of hydrogen-bond acceptors (Lipinski definition) is 7. The molecule has 0 atom stereocenters. The van der Waals surface area contributed by atoms with Crippen LogP contribution in [0.5, 0.6) is 5.75 Å². The number of thiazole rings is 1. The molecule has 2 amide bonds. The highest BCUT2D eigenvalue weighted by Crippen LogP contribution is 2.16. The number of aromatic nitrogens is 1. The minimum absolute atomic E-state index is 0.0290. The van der Waals surface area contributed by atoms with Crippen LogP contribution in [0.2, 0.25) is 0 Å². The average Bonchev–Trinajstić information content (AvgIpc) is 3.17. The molecule has 1 N–H and O–H groups in total. The van der Waals surface area contributed by atoms with Crippen molar-refractivity contribution >= 4 is 28.3 Å². The molecule has 162 valence electrons. The zero-order valence-corrected chi connectivity index (χ0v) is 18.0. The molecule has 1 saturated heterocycles. The molecule has 0 saturated carbocycles. The van der Waals surface area contributed by atoms with Crippen molar-refractivity contribution < 1.29 is 19.1 Å². The molecule has 8 nitrogen and oxygen atoms in total. The highest BCUT2D eigenvalue weighted by molar-refractivity contribution is 7.15. The third-order valence-electron chi connectivity index (χ3n) is 4.67. The van der Waals surface area contributed by atoms with Crippen molar-refractivity contribution in [3.63, 3.8) is 0 Å². The second kappa shape index (κ2) is 11.6. The number of hydrogen-bond donors (Lipinski definition) is 1. The molecular weight excluding hydrogens is 404 g/mol. The Kier molecular flexibility index (Phi) is 8.61. The van der Waals surface area contributed by atoms with Gasteiger partial charge in [-0.1, -0.05) is 18.2 Å². The largest absolute Gasteiger partial charge is 0.484 e. The molecule has 30 heavy (non-hydrogen) atoms. The third kappa shape index (κ3) is 7.40. The van der Waals surface area contributed by atoms with Gasteiger partial charge in [-0.05, 0) is 25.5 Å². The number of carbonyl (C=O) groups is 2. The second-order valence-electron chi connectivity index (χ2n) is 7.05. The number of amides is 2. The van der Waals surface area contributed by atoms with E-state index in [4.69, 9.17) is 9.47 Å². The van der Waals surface area contributed by atoms with Crippen LogP contribution in [0.15, 0.2) is 36.5 Å². The number of anilines is 1. The van der Waals surface area contributed by atoms with Crippen molar-refractivity contribution in [1.82, 2.24) is 14.8 Å². The van der Waals surface area contributed by atoms with Crippen LogP contribution in [0.25, 0.3) is 0 Å². The Hall–Kier alpha value is -2.49. The fourth-order valence-corrected chi connectivity index (χ4v) is 3.78. The molecule has 3 rings (SSSR count). The van der Waals surface area contributed by atoms with Crippen LogP contribution >= 0.6 is 11.3 Å². The first-order valence-corrected chi connectivity index (χ1v) is 10.9. The molecule has 0 radical (unpaired) electrons. The predicted molar refractivity (Wildman–Crippen MR) is 116 cm³/mol. The number of nitrogens with zero attached hydrogens (tertiary/aromatic N) is 3. The molecule has 1 fully saturated rings. The summed E-state index contributed by atoms with van der Waals surface area (Å²) < 4.78 is 11.0. The second-order valence-corrected chi connectivity index (χ2v) is 8.28. The van der Waals surface area contributed by atoms with Gasteiger partial charge in [0.05, 0.1) is 13.2 Å². The monoisotopic (exact) mass is 432 g/mol. The van der Waals surface area contributed by atoms with E-state index in [-0.39, 0.29) is 25.0 Å². The van der Waals surface area contributed by atoms with Crippen LogP contribution in [0.3, 0.4) is 0 Å². The summed E-state index contributed by atoms with van der Waals surface area (Å²) in [5, 5.41) is 3.31. The first kappa shape index (κ1) is 22.2. The molecule has 1 aromatic carbocycles. The molecule has 2 heterocycles. The Labute approximate surface area is 180 Å². The summed E-state index contributed by atoms with van der Waals surface area (Å²) in [6, 6.07) is 9.19. The maximum absolute atomic E-state index is 12.8. The minimum atomic E-state index is -0.260. The number of carbonyl (C=O) groups excluding carboxylic acids is 2. The molecule has 9 heteroatoms. The van der Waals surface area contributed by atoms with Gasteiger partial charge in [-0.2, -0.15) is 0 Å². The van der Waals surface area contributed by atoms with Crippen LogP contribution in [0, 0.1) is 6.92 Å². The van der Waals surface area contributed by atoms with E-state index < -0.39 is 0 Å². The van der Waals surface area contributed by atoms with E-state index >= 15 is 0 Å². The third-order valence-corrected chi connectivity index (χ3v) is 5.49. The van der Waals surface area contributed by atoms with Gasteiger partial charge in [0.2, 0.25) is 5.91 Å².